The minimum Gasteiger partial charge on any atom is -0.494 e. The molecule has 0 atom stereocenters. The number of pyridine rings is 1. The molecule has 4 nitrogen and oxygen atoms in total. The normalized spacial score (nSPS) is 12.0. The van der Waals surface area contributed by atoms with Crippen molar-refractivity contribution in [3.63, 3.8) is 0 Å². The van der Waals surface area contributed by atoms with Crippen LogP contribution >= 0.6 is 0 Å². The number of ether oxygens (including phenoxy) is 1. The van der Waals surface area contributed by atoms with E-state index >= 15 is 0 Å². The van der Waals surface area contributed by atoms with Gasteiger partial charge in [0.2, 0.25) is 0 Å². The van der Waals surface area contributed by atoms with Crippen LogP contribution in [0, 0.1) is 6.92 Å². The van der Waals surface area contributed by atoms with Gasteiger partial charge in [-0.1, -0.05) is 6.07 Å². The van der Waals surface area contributed by atoms with Crippen LogP contribution in [0.2, 0.25) is 0 Å². The molecule has 0 unspecified atom stereocenters. The predicted molar refractivity (Wildman–Crippen MR) is 93.1 cm³/mol. The minimum atomic E-state index is -4.52. The molecule has 0 saturated heterocycles. The molecule has 0 bridgehead atoms. The molecule has 2 aromatic heterocycles. The number of benzene rings is 2. The van der Waals surface area contributed by atoms with E-state index in [1.54, 1.807) is 12.1 Å². The van der Waals surface area contributed by atoms with Crippen molar-refractivity contribution in [2.75, 3.05) is 7.11 Å². The van der Waals surface area contributed by atoms with Crippen LogP contribution in [0.25, 0.3) is 33.3 Å². The third kappa shape index (κ3) is 2.65. The zero-order valence-electron chi connectivity index (χ0n) is 14.0. The first-order valence-electron chi connectivity index (χ1n) is 7.88. The molecule has 1 N–H and O–H groups in total. The van der Waals surface area contributed by atoms with E-state index in [9.17, 15) is 13.2 Å². The standard InChI is InChI=1S/C19H14F3N3O/c1-10-3-6-13-14(9-10)24-18(23-13)12-4-7-15(26-2)17-11(12)5-8-16(25-17)19(20,21)22/h3-9H,1-2H3,(H,23,24). The van der Waals surface area contributed by atoms with Crippen molar-refractivity contribution in [3.8, 4) is 17.1 Å². The summed E-state index contributed by atoms with van der Waals surface area (Å²) >= 11 is 0. The van der Waals surface area contributed by atoms with E-state index in [2.05, 4.69) is 15.0 Å². The molecule has 4 aromatic rings. The highest BCUT2D eigenvalue weighted by Crippen LogP contribution is 2.36. The predicted octanol–water partition coefficient (Wildman–Crippen LogP) is 5.11. The average Bonchev–Trinajstić information content (AvgIpc) is 3.02. The number of aromatic amines is 1. The first-order chi connectivity index (χ1) is 12.4. The Labute approximate surface area is 146 Å². The van der Waals surface area contributed by atoms with E-state index in [1.165, 1.54) is 13.2 Å². The molecule has 0 aliphatic rings. The van der Waals surface area contributed by atoms with E-state index in [4.69, 9.17) is 4.74 Å². The van der Waals surface area contributed by atoms with E-state index < -0.39 is 11.9 Å². The summed E-state index contributed by atoms with van der Waals surface area (Å²) in [6.45, 7) is 1.98. The number of methoxy groups -OCH3 is 1. The van der Waals surface area contributed by atoms with Crippen LogP contribution in [0.15, 0.2) is 42.5 Å². The number of hydrogen-bond donors (Lipinski definition) is 1. The number of aromatic nitrogens is 3. The molecule has 0 saturated carbocycles. The van der Waals surface area contributed by atoms with E-state index in [0.29, 0.717) is 16.8 Å². The lowest BCUT2D eigenvalue weighted by atomic mass is 10.1. The van der Waals surface area contributed by atoms with Crippen LogP contribution in [0.5, 0.6) is 5.75 Å². The molecule has 0 radical (unpaired) electrons. The highest BCUT2D eigenvalue weighted by molar-refractivity contribution is 5.97. The van der Waals surface area contributed by atoms with Crippen molar-refractivity contribution in [1.29, 1.82) is 0 Å². The number of rotatable bonds is 2. The fraction of sp³-hybridized carbons (Fsp3) is 0.158. The number of hydrogen-bond acceptors (Lipinski definition) is 3. The fourth-order valence-electron chi connectivity index (χ4n) is 2.97. The Bertz CT molecular complexity index is 1130. The van der Waals surface area contributed by atoms with Gasteiger partial charge in [-0.15, -0.1) is 0 Å². The lowest BCUT2D eigenvalue weighted by Crippen LogP contribution is -2.08. The molecule has 2 aromatic carbocycles. The smallest absolute Gasteiger partial charge is 0.433 e. The number of alkyl halides is 3. The Balaban J connectivity index is 1.97. The van der Waals surface area contributed by atoms with Crippen molar-refractivity contribution in [2.24, 2.45) is 0 Å². The van der Waals surface area contributed by atoms with Crippen LogP contribution < -0.4 is 4.74 Å². The molecule has 0 aliphatic heterocycles. The number of nitrogens with one attached hydrogen (secondary N) is 1. The molecule has 26 heavy (non-hydrogen) atoms. The number of fused-ring (bicyclic) bond motifs is 2. The highest BCUT2D eigenvalue weighted by Gasteiger charge is 2.33. The SMILES string of the molecule is COc1ccc(-c2nc3ccc(C)cc3[nH]2)c2ccc(C(F)(F)F)nc12. The van der Waals surface area contributed by atoms with Gasteiger partial charge in [-0.25, -0.2) is 9.97 Å². The molecular formula is C19H14F3N3O. The van der Waals surface area contributed by atoms with Crippen molar-refractivity contribution < 1.29 is 17.9 Å². The summed E-state index contributed by atoms with van der Waals surface area (Å²) < 4.78 is 44.3. The zero-order valence-corrected chi connectivity index (χ0v) is 14.0. The van der Waals surface area contributed by atoms with Gasteiger partial charge in [-0.05, 0) is 48.9 Å². The van der Waals surface area contributed by atoms with Crippen molar-refractivity contribution in [3.05, 3.63) is 53.7 Å². The average molecular weight is 357 g/mol. The topological polar surface area (TPSA) is 50.8 Å². The van der Waals surface area contributed by atoms with Crippen LogP contribution in [-0.4, -0.2) is 22.1 Å². The third-order valence-corrected chi connectivity index (χ3v) is 4.22. The van der Waals surface area contributed by atoms with Gasteiger partial charge in [0, 0.05) is 10.9 Å². The first kappa shape index (κ1) is 16.4. The molecular weight excluding hydrogens is 343 g/mol. The Morgan fingerprint density at radius 2 is 1.81 bits per heavy atom. The van der Waals surface area contributed by atoms with Gasteiger partial charge >= 0.3 is 6.18 Å². The number of nitrogens with zero attached hydrogens (tertiary/aromatic N) is 2. The molecule has 132 valence electrons. The van der Waals surface area contributed by atoms with Gasteiger partial charge in [0.25, 0.3) is 0 Å². The fourth-order valence-corrected chi connectivity index (χ4v) is 2.97. The van der Waals surface area contributed by atoms with Crippen LogP contribution in [0.4, 0.5) is 13.2 Å². The molecule has 0 amide bonds. The van der Waals surface area contributed by atoms with Crippen molar-refractivity contribution >= 4 is 21.9 Å². The molecule has 2 heterocycles. The van der Waals surface area contributed by atoms with Gasteiger partial charge in [0.15, 0.2) is 0 Å². The summed E-state index contributed by atoms with van der Waals surface area (Å²) in [6.07, 6.45) is -4.52. The van der Waals surface area contributed by atoms with Gasteiger partial charge < -0.3 is 9.72 Å². The summed E-state index contributed by atoms with van der Waals surface area (Å²) in [6, 6.07) is 11.6. The van der Waals surface area contributed by atoms with E-state index in [-0.39, 0.29) is 11.3 Å². The maximum absolute atomic E-state index is 13.0. The molecule has 4 rings (SSSR count). The number of aryl methyl sites for hydroxylation is 1. The second-order valence-electron chi connectivity index (χ2n) is 6.01. The van der Waals surface area contributed by atoms with Gasteiger partial charge in [-0.2, -0.15) is 13.2 Å². The monoisotopic (exact) mass is 357 g/mol. The summed E-state index contributed by atoms with van der Waals surface area (Å²) in [5, 5.41) is 0.535. The van der Waals surface area contributed by atoms with E-state index in [1.807, 2.05) is 25.1 Å². The maximum Gasteiger partial charge on any atom is 0.433 e. The quantitative estimate of drug-likeness (QED) is 0.542. The first-order valence-corrected chi connectivity index (χ1v) is 7.88. The largest absolute Gasteiger partial charge is 0.494 e. The highest BCUT2D eigenvalue weighted by atomic mass is 19.4. The number of imidazole rings is 1. The number of H-pyrrole nitrogens is 1. The molecule has 0 aliphatic carbocycles. The van der Waals surface area contributed by atoms with Crippen LogP contribution in [0.3, 0.4) is 0 Å². The van der Waals surface area contributed by atoms with Gasteiger partial charge in [0.05, 0.1) is 18.1 Å². The second kappa shape index (κ2) is 5.72. The second-order valence-corrected chi connectivity index (χ2v) is 6.01. The summed E-state index contributed by atoms with van der Waals surface area (Å²) in [7, 11) is 1.40. The van der Waals surface area contributed by atoms with Crippen molar-refractivity contribution in [2.45, 2.75) is 13.1 Å². The van der Waals surface area contributed by atoms with Gasteiger partial charge in [0.1, 0.15) is 22.8 Å². The van der Waals surface area contributed by atoms with Crippen LogP contribution in [0.1, 0.15) is 11.3 Å². The minimum absolute atomic E-state index is 0.150. The van der Waals surface area contributed by atoms with Gasteiger partial charge in [-0.3, -0.25) is 0 Å². The third-order valence-electron chi connectivity index (χ3n) is 4.22. The Morgan fingerprint density at radius 3 is 2.54 bits per heavy atom. The summed E-state index contributed by atoms with van der Waals surface area (Å²) in [5.41, 5.74) is 2.59. The summed E-state index contributed by atoms with van der Waals surface area (Å²) in [4.78, 5) is 11.6. The molecule has 0 spiro atoms. The van der Waals surface area contributed by atoms with E-state index in [0.717, 1.165) is 22.7 Å². The lowest BCUT2D eigenvalue weighted by molar-refractivity contribution is -0.140. The number of halogens is 3. The summed E-state index contributed by atoms with van der Waals surface area (Å²) in [5.74, 6) is 0.849. The Kier molecular flexibility index (Phi) is 3.61. The maximum atomic E-state index is 13.0. The molecule has 7 heteroatoms. The Morgan fingerprint density at radius 1 is 1.00 bits per heavy atom. The van der Waals surface area contributed by atoms with Crippen LogP contribution in [-0.2, 0) is 6.18 Å². The molecule has 0 fully saturated rings. The zero-order chi connectivity index (χ0) is 18.5. The lowest BCUT2D eigenvalue weighted by Gasteiger charge is -2.11. The Hall–Kier alpha value is -3.09. The van der Waals surface area contributed by atoms with Crippen molar-refractivity contribution in [1.82, 2.24) is 15.0 Å².